The van der Waals surface area contributed by atoms with E-state index in [1.165, 1.54) is 11.8 Å². The number of hydrogen-bond acceptors (Lipinski definition) is 5. The Labute approximate surface area is 98.3 Å². The van der Waals surface area contributed by atoms with Crippen LogP contribution in [0, 0.1) is 20.8 Å². The highest BCUT2D eigenvalue weighted by atomic mass is 32.2. The molecule has 2 aromatic heterocycles. The Kier molecular flexibility index (Phi) is 2.87. The molecular formula is C11H13N3OS. The molecule has 0 radical (unpaired) electrons. The summed E-state index contributed by atoms with van der Waals surface area (Å²) < 4.78 is 5.48. The molecule has 0 atom stereocenters. The van der Waals surface area contributed by atoms with Gasteiger partial charge in [0.25, 0.3) is 5.22 Å². The average Bonchev–Trinajstić information content (AvgIpc) is 2.51. The van der Waals surface area contributed by atoms with Crippen molar-refractivity contribution in [2.45, 2.75) is 31.0 Å². The SMILES string of the molecule is Cc1cc(N)cnc1Sc1nc(C)c(C)o1. The number of oxazole rings is 1. The number of aryl methyl sites for hydroxylation is 3. The van der Waals surface area contributed by atoms with Gasteiger partial charge in [-0.3, -0.25) is 0 Å². The maximum Gasteiger partial charge on any atom is 0.262 e. The fourth-order valence-electron chi connectivity index (χ4n) is 1.26. The Bertz CT molecular complexity index is 502. The standard InChI is InChI=1S/C11H13N3OS/c1-6-4-9(12)5-13-10(6)16-11-14-7(2)8(3)15-11/h4-5H,12H2,1-3H3. The molecule has 0 aliphatic heterocycles. The molecule has 0 fully saturated rings. The molecule has 2 N–H and O–H groups in total. The molecule has 2 rings (SSSR count). The second-order valence-electron chi connectivity index (χ2n) is 3.61. The van der Waals surface area contributed by atoms with E-state index in [4.69, 9.17) is 10.2 Å². The minimum absolute atomic E-state index is 0.621. The molecule has 84 valence electrons. The van der Waals surface area contributed by atoms with Crippen molar-refractivity contribution in [3.8, 4) is 0 Å². The maximum atomic E-state index is 5.64. The van der Waals surface area contributed by atoms with Crippen LogP contribution in [0.2, 0.25) is 0 Å². The Hall–Kier alpha value is -1.49. The van der Waals surface area contributed by atoms with Gasteiger partial charge in [-0.1, -0.05) is 0 Å². The molecule has 0 aliphatic carbocycles. The van der Waals surface area contributed by atoms with E-state index < -0.39 is 0 Å². The van der Waals surface area contributed by atoms with Crippen molar-refractivity contribution in [2.75, 3.05) is 5.73 Å². The number of nitrogens with zero attached hydrogens (tertiary/aromatic N) is 2. The molecule has 0 amide bonds. The summed E-state index contributed by atoms with van der Waals surface area (Å²) in [6, 6.07) is 1.89. The van der Waals surface area contributed by atoms with E-state index in [0.29, 0.717) is 10.9 Å². The lowest BCUT2D eigenvalue weighted by molar-refractivity contribution is 0.431. The van der Waals surface area contributed by atoms with Gasteiger partial charge in [0, 0.05) is 0 Å². The highest BCUT2D eigenvalue weighted by Crippen LogP contribution is 2.29. The molecule has 5 heteroatoms. The number of anilines is 1. The van der Waals surface area contributed by atoms with Crippen LogP contribution in [0.4, 0.5) is 5.69 Å². The predicted octanol–water partition coefficient (Wildman–Crippen LogP) is 2.73. The maximum absolute atomic E-state index is 5.64. The molecular weight excluding hydrogens is 222 g/mol. The summed E-state index contributed by atoms with van der Waals surface area (Å²) in [5, 5.41) is 1.49. The summed E-state index contributed by atoms with van der Waals surface area (Å²) in [7, 11) is 0. The third kappa shape index (κ3) is 2.19. The van der Waals surface area contributed by atoms with Crippen LogP contribution < -0.4 is 5.73 Å². The van der Waals surface area contributed by atoms with E-state index in [0.717, 1.165) is 22.0 Å². The lowest BCUT2D eigenvalue weighted by atomic mass is 10.3. The zero-order chi connectivity index (χ0) is 11.7. The smallest absolute Gasteiger partial charge is 0.262 e. The number of pyridine rings is 1. The normalized spacial score (nSPS) is 10.7. The third-order valence-electron chi connectivity index (χ3n) is 2.24. The number of hydrogen-bond donors (Lipinski definition) is 1. The van der Waals surface area contributed by atoms with Gasteiger partial charge in [0.15, 0.2) is 0 Å². The van der Waals surface area contributed by atoms with Crippen molar-refractivity contribution < 1.29 is 4.42 Å². The van der Waals surface area contributed by atoms with Gasteiger partial charge < -0.3 is 10.2 Å². The van der Waals surface area contributed by atoms with E-state index in [9.17, 15) is 0 Å². The summed E-state index contributed by atoms with van der Waals surface area (Å²) in [5.41, 5.74) is 8.25. The van der Waals surface area contributed by atoms with Crippen molar-refractivity contribution in [3.63, 3.8) is 0 Å². The highest BCUT2D eigenvalue weighted by molar-refractivity contribution is 7.99. The second kappa shape index (κ2) is 4.17. The first kappa shape index (κ1) is 11.0. The van der Waals surface area contributed by atoms with Crippen LogP contribution in [-0.2, 0) is 0 Å². The summed E-state index contributed by atoms with van der Waals surface area (Å²) >= 11 is 1.41. The predicted molar refractivity (Wildman–Crippen MR) is 63.5 cm³/mol. The third-order valence-corrected chi connectivity index (χ3v) is 3.21. The number of nitrogens with two attached hydrogens (primary N) is 1. The molecule has 2 aromatic rings. The molecule has 0 saturated carbocycles. The van der Waals surface area contributed by atoms with E-state index in [2.05, 4.69) is 9.97 Å². The van der Waals surface area contributed by atoms with Crippen molar-refractivity contribution in [1.29, 1.82) is 0 Å². The summed E-state index contributed by atoms with van der Waals surface area (Å²) in [5.74, 6) is 0.843. The first-order valence-corrected chi connectivity index (χ1v) is 5.72. The van der Waals surface area contributed by atoms with Gasteiger partial charge in [-0.25, -0.2) is 9.97 Å². The quantitative estimate of drug-likeness (QED) is 0.867. The molecule has 16 heavy (non-hydrogen) atoms. The van der Waals surface area contributed by atoms with Crippen LogP contribution in [0.1, 0.15) is 17.0 Å². The van der Waals surface area contributed by atoms with Crippen LogP contribution in [0.25, 0.3) is 0 Å². The summed E-state index contributed by atoms with van der Waals surface area (Å²) in [6.07, 6.45) is 1.64. The first-order chi connectivity index (χ1) is 7.56. The van der Waals surface area contributed by atoms with E-state index in [1.54, 1.807) is 6.20 Å². The minimum Gasteiger partial charge on any atom is -0.436 e. The zero-order valence-electron chi connectivity index (χ0n) is 9.44. The van der Waals surface area contributed by atoms with Crippen LogP contribution >= 0.6 is 11.8 Å². The molecule has 0 aliphatic rings. The van der Waals surface area contributed by atoms with Crippen LogP contribution in [0.5, 0.6) is 0 Å². The molecule has 0 unspecified atom stereocenters. The molecule has 0 saturated heterocycles. The van der Waals surface area contributed by atoms with E-state index in [1.807, 2.05) is 26.8 Å². The van der Waals surface area contributed by atoms with Gasteiger partial charge in [0.1, 0.15) is 10.8 Å². The van der Waals surface area contributed by atoms with Gasteiger partial charge in [0.2, 0.25) is 0 Å². The van der Waals surface area contributed by atoms with Crippen molar-refractivity contribution in [3.05, 3.63) is 29.3 Å². The zero-order valence-corrected chi connectivity index (χ0v) is 10.3. The van der Waals surface area contributed by atoms with Crippen molar-refractivity contribution in [2.24, 2.45) is 0 Å². The van der Waals surface area contributed by atoms with Crippen LogP contribution in [-0.4, -0.2) is 9.97 Å². The molecule has 0 spiro atoms. The van der Waals surface area contributed by atoms with Gasteiger partial charge in [0.05, 0.1) is 17.6 Å². The summed E-state index contributed by atoms with van der Waals surface area (Å²) in [6.45, 7) is 5.79. The number of aromatic nitrogens is 2. The van der Waals surface area contributed by atoms with E-state index in [-0.39, 0.29) is 0 Å². The van der Waals surface area contributed by atoms with Crippen molar-refractivity contribution in [1.82, 2.24) is 9.97 Å². The van der Waals surface area contributed by atoms with Gasteiger partial charge in [-0.15, -0.1) is 0 Å². The largest absolute Gasteiger partial charge is 0.436 e. The van der Waals surface area contributed by atoms with Gasteiger partial charge in [-0.05, 0) is 44.2 Å². The lowest BCUT2D eigenvalue weighted by Gasteiger charge is -2.01. The fraction of sp³-hybridized carbons (Fsp3) is 0.273. The highest BCUT2D eigenvalue weighted by Gasteiger charge is 2.10. The lowest BCUT2D eigenvalue weighted by Crippen LogP contribution is -1.91. The molecule has 0 aromatic carbocycles. The Morgan fingerprint density at radius 1 is 1.31 bits per heavy atom. The number of nitrogen functional groups attached to an aromatic ring is 1. The van der Waals surface area contributed by atoms with Crippen LogP contribution in [0.3, 0.4) is 0 Å². The monoisotopic (exact) mass is 235 g/mol. The topological polar surface area (TPSA) is 64.9 Å². The Balaban J connectivity index is 2.27. The minimum atomic E-state index is 0.621. The molecule has 0 bridgehead atoms. The second-order valence-corrected chi connectivity index (χ2v) is 4.55. The molecule has 2 heterocycles. The Morgan fingerprint density at radius 3 is 2.62 bits per heavy atom. The Morgan fingerprint density at radius 2 is 2.06 bits per heavy atom. The van der Waals surface area contributed by atoms with Gasteiger partial charge >= 0.3 is 0 Å². The van der Waals surface area contributed by atoms with E-state index >= 15 is 0 Å². The first-order valence-electron chi connectivity index (χ1n) is 4.90. The summed E-state index contributed by atoms with van der Waals surface area (Å²) in [4.78, 5) is 8.54. The van der Waals surface area contributed by atoms with Crippen molar-refractivity contribution >= 4 is 17.4 Å². The fourth-order valence-corrected chi connectivity index (χ4v) is 2.10. The van der Waals surface area contributed by atoms with Gasteiger partial charge in [-0.2, -0.15) is 0 Å². The number of rotatable bonds is 2. The average molecular weight is 235 g/mol. The molecule has 4 nitrogen and oxygen atoms in total. The van der Waals surface area contributed by atoms with Crippen LogP contribution in [0.15, 0.2) is 26.9 Å².